The van der Waals surface area contributed by atoms with Gasteiger partial charge in [0.2, 0.25) is 5.91 Å². The van der Waals surface area contributed by atoms with Crippen molar-refractivity contribution < 1.29 is 9.53 Å². The summed E-state index contributed by atoms with van der Waals surface area (Å²) >= 11 is 0. The summed E-state index contributed by atoms with van der Waals surface area (Å²) in [6, 6.07) is 15.4. The van der Waals surface area contributed by atoms with E-state index < -0.39 is 0 Å². The van der Waals surface area contributed by atoms with Crippen molar-refractivity contribution in [3.63, 3.8) is 0 Å². The van der Waals surface area contributed by atoms with Gasteiger partial charge in [0.05, 0.1) is 18.8 Å². The maximum absolute atomic E-state index is 12.5. The average Bonchev–Trinajstić information content (AvgIpc) is 3.07. The summed E-state index contributed by atoms with van der Waals surface area (Å²) in [4.78, 5) is 16.9. The fourth-order valence-electron chi connectivity index (χ4n) is 4.06. The van der Waals surface area contributed by atoms with Crippen molar-refractivity contribution >= 4 is 16.7 Å². The highest BCUT2D eigenvalue weighted by Gasteiger charge is 2.39. The number of amides is 1. The summed E-state index contributed by atoms with van der Waals surface area (Å²) in [6.45, 7) is 3.31. The molecule has 0 unspecified atom stereocenters. The van der Waals surface area contributed by atoms with Crippen molar-refractivity contribution in [1.82, 2.24) is 9.80 Å². The van der Waals surface area contributed by atoms with E-state index in [4.69, 9.17) is 4.74 Å². The SMILES string of the molecule is CN1CCO[C@@H]2CN(C(=O)CCCc3ccc4ccccc4c3)C[C@H]21. The maximum Gasteiger partial charge on any atom is 0.222 e. The minimum atomic E-state index is 0.197. The second-order valence-corrected chi connectivity index (χ2v) is 7.29. The Balaban J connectivity index is 1.30. The van der Waals surface area contributed by atoms with Crippen LogP contribution in [0.25, 0.3) is 10.8 Å². The number of likely N-dealkylation sites (N-methyl/N-ethyl adjacent to an activating group) is 1. The van der Waals surface area contributed by atoms with Crippen LogP contribution in [0.3, 0.4) is 0 Å². The van der Waals surface area contributed by atoms with Gasteiger partial charge in [-0.3, -0.25) is 9.69 Å². The molecular formula is C21H26N2O2. The topological polar surface area (TPSA) is 32.8 Å². The van der Waals surface area contributed by atoms with Crippen molar-refractivity contribution in [3.8, 4) is 0 Å². The lowest BCUT2D eigenvalue weighted by Gasteiger charge is -2.33. The summed E-state index contributed by atoms with van der Waals surface area (Å²) in [5, 5.41) is 2.54. The number of carbonyl (C=O) groups is 1. The molecule has 0 saturated carbocycles. The van der Waals surface area contributed by atoms with Crippen molar-refractivity contribution in [3.05, 3.63) is 48.0 Å². The third-order valence-corrected chi connectivity index (χ3v) is 5.60. The molecule has 0 spiro atoms. The number of carbonyl (C=O) groups excluding carboxylic acids is 1. The monoisotopic (exact) mass is 338 g/mol. The summed E-state index contributed by atoms with van der Waals surface area (Å²) in [5.74, 6) is 0.271. The number of fused-ring (bicyclic) bond motifs is 2. The molecule has 2 heterocycles. The summed E-state index contributed by atoms with van der Waals surface area (Å²) in [5.41, 5.74) is 1.31. The van der Waals surface area contributed by atoms with E-state index in [9.17, 15) is 4.79 Å². The number of likely N-dealkylation sites (tertiary alicyclic amines) is 1. The van der Waals surface area contributed by atoms with E-state index in [1.807, 2.05) is 4.90 Å². The first-order chi connectivity index (χ1) is 12.2. The van der Waals surface area contributed by atoms with Crippen LogP contribution >= 0.6 is 0 Å². The van der Waals surface area contributed by atoms with Crippen molar-refractivity contribution in [2.24, 2.45) is 0 Å². The highest BCUT2D eigenvalue weighted by atomic mass is 16.5. The molecule has 2 aliphatic heterocycles. The van der Waals surface area contributed by atoms with Crippen LogP contribution < -0.4 is 0 Å². The molecule has 2 aliphatic rings. The van der Waals surface area contributed by atoms with Crippen LogP contribution in [-0.4, -0.2) is 61.1 Å². The minimum Gasteiger partial charge on any atom is -0.373 e. The lowest BCUT2D eigenvalue weighted by atomic mass is 10.0. The molecule has 4 nitrogen and oxygen atoms in total. The smallest absolute Gasteiger partial charge is 0.222 e. The van der Waals surface area contributed by atoms with Crippen molar-refractivity contribution in [2.45, 2.75) is 31.4 Å². The van der Waals surface area contributed by atoms with E-state index in [2.05, 4.69) is 54.4 Å². The van der Waals surface area contributed by atoms with Crippen LogP contribution in [0.15, 0.2) is 42.5 Å². The number of aryl methyl sites for hydroxylation is 1. The Hall–Kier alpha value is -1.91. The molecular weight excluding hydrogens is 312 g/mol. The van der Waals surface area contributed by atoms with Gasteiger partial charge in [0.1, 0.15) is 0 Å². The predicted molar refractivity (Wildman–Crippen MR) is 99.6 cm³/mol. The summed E-state index contributed by atoms with van der Waals surface area (Å²) in [6.07, 6.45) is 2.67. The Kier molecular flexibility index (Phi) is 4.73. The van der Waals surface area contributed by atoms with Gasteiger partial charge in [-0.2, -0.15) is 0 Å². The molecule has 2 aromatic rings. The van der Waals surface area contributed by atoms with E-state index in [1.165, 1.54) is 16.3 Å². The number of hydrogen-bond donors (Lipinski definition) is 0. The van der Waals surface area contributed by atoms with Gasteiger partial charge >= 0.3 is 0 Å². The summed E-state index contributed by atoms with van der Waals surface area (Å²) in [7, 11) is 2.13. The van der Waals surface area contributed by atoms with Crippen LogP contribution in [0.5, 0.6) is 0 Å². The molecule has 2 saturated heterocycles. The van der Waals surface area contributed by atoms with Crippen molar-refractivity contribution in [1.29, 1.82) is 0 Å². The number of rotatable bonds is 4. The number of morpholine rings is 1. The molecule has 132 valence electrons. The Morgan fingerprint density at radius 2 is 2.00 bits per heavy atom. The van der Waals surface area contributed by atoms with Gasteiger partial charge in [-0.1, -0.05) is 42.5 Å². The number of hydrogen-bond acceptors (Lipinski definition) is 3. The Bertz CT molecular complexity index is 760. The van der Waals surface area contributed by atoms with Crippen LogP contribution in [0.4, 0.5) is 0 Å². The van der Waals surface area contributed by atoms with E-state index in [1.54, 1.807) is 0 Å². The number of ether oxygens (including phenoxy) is 1. The molecule has 0 bridgehead atoms. The maximum atomic E-state index is 12.5. The van der Waals surface area contributed by atoms with Gasteiger partial charge in [-0.05, 0) is 36.2 Å². The molecule has 4 rings (SSSR count). The Morgan fingerprint density at radius 1 is 1.16 bits per heavy atom. The van der Waals surface area contributed by atoms with Crippen molar-refractivity contribution in [2.75, 3.05) is 33.3 Å². The van der Waals surface area contributed by atoms with Crippen LogP contribution in [0.1, 0.15) is 18.4 Å². The van der Waals surface area contributed by atoms with Gasteiger partial charge in [-0.15, -0.1) is 0 Å². The minimum absolute atomic E-state index is 0.197. The second-order valence-electron chi connectivity index (χ2n) is 7.29. The lowest BCUT2D eigenvalue weighted by molar-refractivity contribution is -0.130. The molecule has 2 fully saturated rings. The zero-order valence-corrected chi connectivity index (χ0v) is 14.9. The van der Waals surface area contributed by atoms with Crippen LogP contribution in [-0.2, 0) is 16.0 Å². The standard InChI is InChI=1S/C21H26N2O2/c1-22-11-12-25-20-15-23(14-19(20)22)21(24)8-4-5-16-9-10-17-6-2-3-7-18(17)13-16/h2-3,6-7,9-10,13,19-20H,4-5,8,11-12,14-15H2,1H3/t19-,20-/m1/s1. The van der Waals surface area contributed by atoms with Gasteiger partial charge in [0.15, 0.2) is 0 Å². The van der Waals surface area contributed by atoms with Gasteiger partial charge in [-0.25, -0.2) is 0 Å². The third kappa shape index (κ3) is 3.55. The Labute approximate surface area is 149 Å². The zero-order valence-electron chi connectivity index (χ0n) is 14.9. The molecule has 0 aliphatic carbocycles. The van der Waals surface area contributed by atoms with E-state index in [0.717, 1.165) is 39.1 Å². The summed E-state index contributed by atoms with van der Waals surface area (Å²) < 4.78 is 5.83. The fourth-order valence-corrected chi connectivity index (χ4v) is 4.06. The molecule has 0 N–H and O–H groups in total. The zero-order chi connectivity index (χ0) is 17.2. The van der Waals surface area contributed by atoms with Gasteiger partial charge < -0.3 is 9.64 Å². The Morgan fingerprint density at radius 3 is 2.84 bits per heavy atom. The second kappa shape index (κ2) is 7.14. The van der Waals surface area contributed by atoms with Crippen LogP contribution in [0.2, 0.25) is 0 Å². The molecule has 25 heavy (non-hydrogen) atoms. The van der Waals surface area contributed by atoms with E-state index >= 15 is 0 Å². The highest BCUT2D eigenvalue weighted by molar-refractivity contribution is 5.83. The average molecular weight is 338 g/mol. The molecule has 0 radical (unpaired) electrons. The predicted octanol–water partition coefficient (Wildman–Crippen LogP) is 2.70. The van der Waals surface area contributed by atoms with Crippen LogP contribution in [0, 0.1) is 0 Å². The fraction of sp³-hybridized carbons (Fsp3) is 0.476. The molecule has 4 heteroatoms. The van der Waals surface area contributed by atoms with E-state index in [0.29, 0.717) is 12.5 Å². The van der Waals surface area contributed by atoms with Gasteiger partial charge in [0.25, 0.3) is 0 Å². The first-order valence-corrected chi connectivity index (χ1v) is 9.28. The first kappa shape index (κ1) is 16.6. The molecule has 2 aromatic carbocycles. The number of nitrogens with zero attached hydrogens (tertiary/aromatic N) is 2. The quantitative estimate of drug-likeness (QED) is 0.859. The highest BCUT2D eigenvalue weighted by Crippen LogP contribution is 2.23. The van der Waals surface area contributed by atoms with Gasteiger partial charge in [0, 0.05) is 26.1 Å². The molecule has 2 atom stereocenters. The normalized spacial score (nSPS) is 23.8. The lowest BCUT2D eigenvalue weighted by Crippen LogP contribution is -2.48. The largest absolute Gasteiger partial charge is 0.373 e. The van der Waals surface area contributed by atoms with E-state index in [-0.39, 0.29) is 12.0 Å². The third-order valence-electron chi connectivity index (χ3n) is 5.60. The number of benzene rings is 2. The first-order valence-electron chi connectivity index (χ1n) is 9.28. The molecule has 0 aromatic heterocycles. The molecule has 1 amide bonds.